The number of para-hydroxylation sites is 1. The van der Waals surface area contributed by atoms with E-state index in [4.69, 9.17) is 16.3 Å². The van der Waals surface area contributed by atoms with Crippen molar-refractivity contribution >= 4 is 30.7 Å². The summed E-state index contributed by atoms with van der Waals surface area (Å²) in [4.78, 5) is 0.879. The SMILES string of the molecule is CCCP(=S)(CCC)Oc1ccccc1S. The average Bonchev–Trinajstić information content (AvgIpc) is 2.22. The molecule has 0 heterocycles. The van der Waals surface area contributed by atoms with Gasteiger partial charge in [-0.2, -0.15) is 0 Å². The second kappa shape index (κ2) is 6.68. The van der Waals surface area contributed by atoms with Gasteiger partial charge in [-0.3, -0.25) is 0 Å². The first-order valence-corrected chi connectivity index (χ1v) is 9.20. The molecule has 0 amide bonds. The summed E-state index contributed by atoms with van der Waals surface area (Å²) >= 11 is 10.1. The van der Waals surface area contributed by atoms with Crippen LogP contribution in [0.3, 0.4) is 0 Å². The van der Waals surface area contributed by atoms with Crippen LogP contribution in [0.4, 0.5) is 0 Å². The van der Waals surface area contributed by atoms with Crippen molar-refractivity contribution in [1.29, 1.82) is 0 Å². The topological polar surface area (TPSA) is 9.23 Å². The lowest BCUT2D eigenvalue weighted by Gasteiger charge is -2.23. The van der Waals surface area contributed by atoms with Gasteiger partial charge in [0, 0.05) is 17.2 Å². The molecular weight excluding hydrogens is 255 g/mol. The molecule has 1 aromatic carbocycles. The smallest absolute Gasteiger partial charge is 0.137 e. The molecule has 1 rings (SSSR count). The van der Waals surface area contributed by atoms with E-state index in [1.54, 1.807) is 0 Å². The lowest BCUT2D eigenvalue weighted by atomic mass is 10.3. The second-order valence-electron chi connectivity index (χ2n) is 3.82. The van der Waals surface area contributed by atoms with E-state index < -0.39 is 6.26 Å². The van der Waals surface area contributed by atoms with Crippen LogP contribution < -0.4 is 4.52 Å². The fourth-order valence-electron chi connectivity index (χ4n) is 1.60. The largest absolute Gasteiger partial charge is 0.465 e. The Morgan fingerprint density at radius 3 is 2.25 bits per heavy atom. The van der Waals surface area contributed by atoms with E-state index in [9.17, 15) is 0 Å². The predicted octanol–water partition coefficient (Wildman–Crippen LogP) is 4.57. The van der Waals surface area contributed by atoms with Gasteiger partial charge >= 0.3 is 0 Å². The summed E-state index contributed by atoms with van der Waals surface area (Å²) in [5.41, 5.74) is 0. The zero-order valence-electron chi connectivity index (χ0n) is 9.85. The molecule has 0 N–H and O–H groups in total. The van der Waals surface area contributed by atoms with Crippen molar-refractivity contribution in [3.63, 3.8) is 0 Å². The van der Waals surface area contributed by atoms with Gasteiger partial charge in [0.05, 0.1) is 0 Å². The molecule has 1 aromatic rings. The lowest BCUT2D eigenvalue weighted by Crippen LogP contribution is -2.01. The Morgan fingerprint density at radius 1 is 1.19 bits per heavy atom. The Hall–Kier alpha value is 0.0200. The van der Waals surface area contributed by atoms with Gasteiger partial charge in [-0.15, -0.1) is 12.6 Å². The highest BCUT2D eigenvalue weighted by Gasteiger charge is 2.18. The third-order valence-corrected chi connectivity index (χ3v) is 6.73. The second-order valence-corrected chi connectivity index (χ2v) is 9.01. The summed E-state index contributed by atoms with van der Waals surface area (Å²) in [5, 5.41) is 0. The minimum absolute atomic E-state index is 0.844. The van der Waals surface area contributed by atoms with E-state index in [0.29, 0.717) is 0 Å². The van der Waals surface area contributed by atoms with Gasteiger partial charge in [0.1, 0.15) is 12.0 Å². The van der Waals surface area contributed by atoms with E-state index in [2.05, 4.69) is 26.5 Å². The molecule has 0 aliphatic rings. The van der Waals surface area contributed by atoms with Crippen LogP contribution in [0.15, 0.2) is 29.2 Å². The quantitative estimate of drug-likeness (QED) is 0.601. The van der Waals surface area contributed by atoms with Gasteiger partial charge < -0.3 is 4.52 Å². The predicted molar refractivity (Wildman–Crippen MR) is 78.9 cm³/mol. The number of thiol groups is 1. The minimum atomic E-state index is -1.68. The number of hydrogen-bond acceptors (Lipinski definition) is 3. The van der Waals surface area contributed by atoms with Crippen molar-refractivity contribution in [2.75, 3.05) is 12.3 Å². The average molecular weight is 274 g/mol. The Kier molecular flexibility index (Phi) is 5.88. The fourth-order valence-corrected chi connectivity index (χ4v) is 5.50. The highest BCUT2D eigenvalue weighted by molar-refractivity contribution is 8.12. The third kappa shape index (κ3) is 4.12. The van der Waals surface area contributed by atoms with Crippen LogP contribution in [-0.4, -0.2) is 12.3 Å². The standard InChI is InChI=1S/C12H19OPS2/c1-3-9-14(16,10-4-2)13-11-7-5-6-8-12(11)15/h5-8,15H,3-4,9-10H2,1-2H3. The third-order valence-electron chi connectivity index (χ3n) is 2.26. The molecule has 0 fully saturated rings. The molecule has 4 heteroatoms. The summed E-state index contributed by atoms with van der Waals surface area (Å²) in [6.07, 6.45) is 2.52. The van der Waals surface area contributed by atoms with Crippen LogP contribution in [-0.2, 0) is 11.8 Å². The summed E-state index contributed by atoms with van der Waals surface area (Å²) in [7, 11) is 0. The monoisotopic (exact) mass is 274 g/mol. The molecule has 0 saturated heterocycles. The normalized spacial score (nSPS) is 11.4. The van der Waals surface area contributed by atoms with Crippen LogP contribution in [0.25, 0.3) is 0 Å². The Morgan fingerprint density at radius 2 is 1.75 bits per heavy atom. The Labute approximate surface area is 109 Å². The first-order chi connectivity index (χ1) is 7.61. The van der Waals surface area contributed by atoms with Crippen LogP contribution in [0, 0.1) is 0 Å². The molecular formula is C12H19OPS2. The maximum Gasteiger partial charge on any atom is 0.137 e. The first kappa shape index (κ1) is 14.1. The Bertz CT molecular complexity index is 369. The van der Waals surface area contributed by atoms with Gasteiger partial charge in [0.25, 0.3) is 0 Å². The molecule has 0 aromatic heterocycles. The molecule has 0 saturated carbocycles. The molecule has 0 spiro atoms. The van der Waals surface area contributed by atoms with E-state index in [0.717, 1.165) is 35.8 Å². The van der Waals surface area contributed by atoms with Gasteiger partial charge in [-0.25, -0.2) is 0 Å². The molecule has 90 valence electrons. The van der Waals surface area contributed by atoms with Gasteiger partial charge in [-0.1, -0.05) is 37.8 Å². The number of hydrogen-bond donors (Lipinski definition) is 1. The summed E-state index contributed by atoms with van der Waals surface area (Å²) in [5.74, 6) is 0.844. The summed E-state index contributed by atoms with van der Waals surface area (Å²) in [6, 6.07) is 7.82. The Balaban J connectivity index is 2.83. The molecule has 0 aliphatic carbocycles. The van der Waals surface area contributed by atoms with Crippen LogP contribution >= 0.6 is 18.9 Å². The van der Waals surface area contributed by atoms with Gasteiger partial charge in [0.2, 0.25) is 0 Å². The highest BCUT2D eigenvalue weighted by Crippen LogP contribution is 2.49. The fraction of sp³-hybridized carbons (Fsp3) is 0.500. The van der Waals surface area contributed by atoms with Crippen LogP contribution in [0.2, 0.25) is 0 Å². The molecule has 16 heavy (non-hydrogen) atoms. The van der Waals surface area contributed by atoms with Crippen LogP contribution in [0.5, 0.6) is 5.75 Å². The number of rotatable bonds is 6. The molecule has 0 aliphatic heterocycles. The minimum Gasteiger partial charge on any atom is -0.465 e. The number of benzene rings is 1. The molecule has 0 radical (unpaired) electrons. The maximum atomic E-state index is 6.06. The van der Waals surface area contributed by atoms with E-state index in [1.807, 2.05) is 24.3 Å². The lowest BCUT2D eigenvalue weighted by molar-refractivity contribution is 0.591. The van der Waals surface area contributed by atoms with Crippen molar-refractivity contribution in [3.8, 4) is 5.75 Å². The van der Waals surface area contributed by atoms with Crippen molar-refractivity contribution in [2.45, 2.75) is 31.6 Å². The summed E-state index contributed by atoms with van der Waals surface area (Å²) < 4.78 is 6.06. The van der Waals surface area contributed by atoms with E-state index >= 15 is 0 Å². The van der Waals surface area contributed by atoms with E-state index in [-0.39, 0.29) is 0 Å². The molecule has 0 atom stereocenters. The zero-order chi connectivity index (χ0) is 12.0. The first-order valence-electron chi connectivity index (χ1n) is 5.67. The molecule has 1 nitrogen and oxygen atoms in total. The van der Waals surface area contributed by atoms with Crippen molar-refractivity contribution in [1.82, 2.24) is 0 Å². The van der Waals surface area contributed by atoms with Crippen LogP contribution in [0.1, 0.15) is 26.7 Å². The highest BCUT2D eigenvalue weighted by atomic mass is 32.4. The summed E-state index contributed by atoms with van der Waals surface area (Å²) in [6.45, 7) is 4.32. The van der Waals surface area contributed by atoms with Crippen molar-refractivity contribution < 1.29 is 4.52 Å². The molecule has 0 bridgehead atoms. The van der Waals surface area contributed by atoms with Gasteiger partial charge in [0.15, 0.2) is 0 Å². The van der Waals surface area contributed by atoms with E-state index in [1.165, 1.54) is 0 Å². The zero-order valence-corrected chi connectivity index (χ0v) is 12.5. The maximum absolute atomic E-state index is 6.06. The molecule has 0 unspecified atom stereocenters. The van der Waals surface area contributed by atoms with Crippen molar-refractivity contribution in [2.24, 2.45) is 0 Å². The van der Waals surface area contributed by atoms with Crippen molar-refractivity contribution in [3.05, 3.63) is 24.3 Å². The van der Waals surface area contributed by atoms with Gasteiger partial charge in [-0.05, 0) is 25.0 Å².